The van der Waals surface area contributed by atoms with Crippen molar-refractivity contribution in [2.75, 3.05) is 47.4 Å². The Balaban J connectivity index is 1.94. The van der Waals surface area contributed by atoms with Gasteiger partial charge in [0.05, 0.1) is 12.0 Å². The van der Waals surface area contributed by atoms with Crippen molar-refractivity contribution in [2.24, 2.45) is 0 Å². The molecule has 1 saturated heterocycles. The Morgan fingerprint density at radius 2 is 1.89 bits per heavy atom. The summed E-state index contributed by atoms with van der Waals surface area (Å²) in [6.45, 7) is 1.50. The van der Waals surface area contributed by atoms with Crippen molar-refractivity contribution in [1.29, 1.82) is 0 Å². The standard InChI is InChI=1S/C17H26N4O5S/c1-18-17(23)15-12-20(2)10-11-21(15)16(22)8-9-19-27(24,25)14-6-4-13(26-3)5-7-14/h4-7,15,19H,8-12H2,1-3H3,(H,18,23). The third-order valence-corrected chi connectivity index (χ3v) is 5.93. The molecule has 0 radical (unpaired) electrons. The van der Waals surface area contributed by atoms with E-state index in [-0.39, 0.29) is 29.7 Å². The zero-order chi connectivity index (χ0) is 20.0. The molecular formula is C17H26N4O5S. The fourth-order valence-corrected chi connectivity index (χ4v) is 3.91. The molecule has 1 aliphatic rings. The number of methoxy groups -OCH3 is 1. The van der Waals surface area contributed by atoms with Crippen molar-refractivity contribution in [2.45, 2.75) is 17.4 Å². The lowest BCUT2D eigenvalue weighted by molar-refractivity contribution is -0.143. The van der Waals surface area contributed by atoms with Gasteiger partial charge in [0, 0.05) is 39.6 Å². The molecule has 150 valence electrons. The fourth-order valence-electron chi connectivity index (χ4n) is 2.88. The zero-order valence-electron chi connectivity index (χ0n) is 15.8. The number of nitrogens with zero attached hydrogens (tertiary/aromatic N) is 2. The van der Waals surface area contributed by atoms with Crippen molar-refractivity contribution >= 4 is 21.8 Å². The van der Waals surface area contributed by atoms with Crippen LogP contribution in [0.1, 0.15) is 6.42 Å². The Kier molecular flexibility index (Phi) is 7.17. The molecule has 10 heteroatoms. The first-order valence-corrected chi connectivity index (χ1v) is 10.1. The summed E-state index contributed by atoms with van der Waals surface area (Å²) in [4.78, 5) is 28.2. The highest BCUT2D eigenvalue weighted by atomic mass is 32.2. The molecule has 1 aliphatic heterocycles. The average Bonchev–Trinajstić information content (AvgIpc) is 2.67. The minimum Gasteiger partial charge on any atom is -0.497 e. The number of hydrogen-bond acceptors (Lipinski definition) is 6. The molecule has 2 N–H and O–H groups in total. The van der Waals surface area contributed by atoms with E-state index < -0.39 is 16.1 Å². The van der Waals surface area contributed by atoms with Crippen LogP contribution < -0.4 is 14.8 Å². The summed E-state index contributed by atoms with van der Waals surface area (Å²) in [5.74, 6) is 0.0716. The molecule has 1 heterocycles. The van der Waals surface area contributed by atoms with Crippen LogP contribution in [0, 0.1) is 0 Å². The molecule has 1 aromatic carbocycles. The number of carbonyl (C=O) groups is 2. The second-order valence-electron chi connectivity index (χ2n) is 6.30. The van der Waals surface area contributed by atoms with Gasteiger partial charge in [-0.3, -0.25) is 9.59 Å². The van der Waals surface area contributed by atoms with Gasteiger partial charge in [-0.25, -0.2) is 13.1 Å². The Hall–Kier alpha value is -2.17. The van der Waals surface area contributed by atoms with Gasteiger partial charge in [-0.15, -0.1) is 0 Å². The molecule has 0 aromatic heterocycles. The lowest BCUT2D eigenvalue weighted by Gasteiger charge is -2.38. The molecule has 1 aromatic rings. The van der Waals surface area contributed by atoms with E-state index in [2.05, 4.69) is 10.0 Å². The van der Waals surface area contributed by atoms with Crippen LogP contribution in [-0.2, 0) is 19.6 Å². The van der Waals surface area contributed by atoms with Crippen molar-refractivity contribution in [3.05, 3.63) is 24.3 Å². The minimum atomic E-state index is -3.72. The number of amides is 2. The summed E-state index contributed by atoms with van der Waals surface area (Å²) in [5.41, 5.74) is 0. The van der Waals surface area contributed by atoms with E-state index in [0.29, 0.717) is 25.4 Å². The van der Waals surface area contributed by atoms with E-state index in [1.165, 1.54) is 31.2 Å². The Morgan fingerprint density at radius 1 is 1.22 bits per heavy atom. The van der Waals surface area contributed by atoms with Gasteiger partial charge < -0.3 is 19.9 Å². The Labute approximate surface area is 159 Å². The summed E-state index contributed by atoms with van der Waals surface area (Å²) in [6.07, 6.45) is -0.0212. The second kappa shape index (κ2) is 9.16. The largest absolute Gasteiger partial charge is 0.497 e. The van der Waals surface area contributed by atoms with Crippen LogP contribution in [0.5, 0.6) is 5.75 Å². The first-order valence-electron chi connectivity index (χ1n) is 8.62. The maximum atomic E-state index is 12.5. The summed E-state index contributed by atoms with van der Waals surface area (Å²) in [6, 6.07) is 5.41. The van der Waals surface area contributed by atoms with Crippen LogP contribution in [0.25, 0.3) is 0 Å². The van der Waals surface area contributed by atoms with Crippen LogP contribution in [0.3, 0.4) is 0 Å². The summed E-state index contributed by atoms with van der Waals surface area (Å²) < 4.78 is 32.0. The molecule has 0 spiro atoms. The van der Waals surface area contributed by atoms with Gasteiger partial charge in [0.25, 0.3) is 0 Å². The third-order valence-electron chi connectivity index (χ3n) is 4.45. The van der Waals surface area contributed by atoms with E-state index in [1.54, 1.807) is 12.1 Å². The van der Waals surface area contributed by atoms with Crippen LogP contribution in [-0.4, -0.2) is 83.5 Å². The van der Waals surface area contributed by atoms with Crippen LogP contribution in [0.2, 0.25) is 0 Å². The average molecular weight is 398 g/mol. The second-order valence-corrected chi connectivity index (χ2v) is 8.07. The Morgan fingerprint density at radius 3 is 2.48 bits per heavy atom. The Bertz CT molecular complexity index is 766. The molecule has 2 amide bonds. The van der Waals surface area contributed by atoms with E-state index in [9.17, 15) is 18.0 Å². The summed E-state index contributed by atoms with van der Waals surface area (Å²) >= 11 is 0. The van der Waals surface area contributed by atoms with Gasteiger partial charge >= 0.3 is 0 Å². The first kappa shape index (κ1) is 21.1. The number of rotatable bonds is 7. The number of benzene rings is 1. The molecule has 1 unspecified atom stereocenters. The number of sulfonamides is 1. The highest BCUT2D eigenvalue weighted by Gasteiger charge is 2.33. The molecular weight excluding hydrogens is 372 g/mol. The molecule has 2 rings (SSSR count). The molecule has 9 nitrogen and oxygen atoms in total. The normalized spacial score (nSPS) is 18.2. The third kappa shape index (κ3) is 5.41. The molecule has 1 atom stereocenters. The van der Waals surface area contributed by atoms with E-state index in [0.717, 1.165) is 0 Å². The van der Waals surface area contributed by atoms with E-state index in [1.807, 2.05) is 11.9 Å². The minimum absolute atomic E-state index is 0.0212. The smallest absolute Gasteiger partial charge is 0.243 e. The quantitative estimate of drug-likeness (QED) is 0.626. The van der Waals surface area contributed by atoms with E-state index in [4.69, 9.17) is 4.74 Å². The van der Waals surface area contributed by atoms with Gasteiger partial charge in [-0.1, -0.05) is 0 Å². The van der Waals surface area contributed by atoms with Gasteiger partial charge in [0.1, 0.15) is 11.8 Å². The van der Waals surface area contributed by atoms with Crippen molar-refractivity contribution in [3.8, 4) is 5.75 Å². The lowest BCUT2D eigenvalue weighted by Crippen LogP contribution is -2.59. The van der Waals surface area contributed by atoms with E-state index >= 15 is 0 Å². The van der Waals surface area contributed by atoms with Gasteiger partial charge in [0.2, 0.25) is 21.8 Å². The lowest BCUT2D eigenvalue weighted by atomic mass is 10.1. The fraction of sp³-hybridized carbons (Fsp3) is 0.529. The number of nitrogens with one attached hydrogen (secondary N) is 2. The molecule has 27 heavy (non-hydrogen) atoms. The highest BCUT2D eigenvalue weighted by molar-refractivity contribution is 7.89. The predicted octanol–water partition coefficient (Wildman–Crippen LogP) is -0.748. The zero-order valence-corrected chi connectivity index (χ0v) is 16.6. The summed E-state index contributed by atoms with van der Waals surface area (Å²) in [7, 11) is 1.20. The maximum Gasteiger partial charge on any atom is 0.243 e. The number of piperazine rings is 1. The number of ether oxygens (including phenoxy) is 1. The highest BCUT2D eigenvalue weighted by Crippen LogP contribution is 2.15. The molecule has 0 saturated carbocycles. The number of likely N-dealkylation sites (N-methyl/N-ethyl adjacent to an activating group) is 2. The molecule has 0 bridgehead atoms. The van der Waals surface area contributed by atoms with Crippen LogP contribution in [0.4, 0.5) is 0 Å². The monoisotopic (exact) mass is 398 g/mol. The number of hydrogen-bond donors (Lipinski definition) is 2. The maximum absolute atomic E-state index is 12.5. The van der Waals surface area contributed by atoms with Crippen LogP contribution >= 0.6 is 0 Å². The topological polar surface area (TPSA) is 108 Å². The SMILES string of the molecule is CNC(=O)C1CN(C)CCN1C(=O)CCNS(=O)(=O)c1ccc(OC)cc1. The van der Waals surface area contributed by atoms with Crippen molar-refractivity contribution in [3.63, 3.8) is 0 Å². The van der Waals surface area contributed by atoms with Crippen molar-refractivity contribution in [1.82, 2.24) is 19.8 Å². The predicted molar refractivity (Wildman–Crippen MR) is 99.9 cm³/mol. The van der Waals surface area contributed by atoms with Crippen molar-refractivity contribution < 1.29 is 22.7 Å². The van der Waals surface area contributed by atoms with Gasteiger partial charge in [-0.05, 0) is 31.3 Å². The van der Waals surface area contributed by atoms with Gasteiger partial charge in [-0.2, -0.15) is 0 Å². The molecule has 0 aliphatic carbocycles. The van der Waals surface area contributed by atoms with Crippen LogP contribution in [0.15, 0.2) is 29.2 Å². The molecule has 1 fully saturated rings. The van der Waals surface area contributed by atoms with Gasteiger partial charge in [0.15, 0.2) is 0 Å². The summed E-state index contributed by atoms with van der Waals surface area (Å²) in [5, 5.41) is 2.57. The number of carbonyl (C=O) groups excluding carboxylic acids is 2. The first-order chi connectivity index (χ1) is 12.8.